The van der Waals surface area contributed by atoms with Crippen LogP contribution in [-0.4, -0.2) is 31.7 Å². The summed E-state index contributed by atoms with van der Waals surface area (Å²) in [6.45, 7) is 16.6. The molecule has 27 heavy (non-hydrogen) atoms. The molecular weight excluding hydrogens is 352 g/mol. The SMILES string of the molecule is C=CC1C=C(CCOCCCC)S[C@@H]1/C(=C/CC)C(C)CCOCCCC. The van der Waals surface area contributed by atoms with Crippen LogP contribution in [0.15, 0.2) is 35.3 Å². The van der Waals surface area contributed by atoms with Crippen molar-refractivity contribution in [3.05, 3.63) is 35.3 Å². The Morgan fingerprint density at radius 1 is 1.11 bits per heavy atom. The second-order valence-electron chi connectivity index (χ2n) is 7.47. The van der Waals surface area contributed by atoms with E-state index in [1.54, 1.807) is 5.57 Å². The zero-order valence-electron chi connectivity index (χ0n) is 18.2. The summed E-state index contributed by atoms with van der Waals surface area (Å²) in [5.41, 5.74) is 1.57. The van der Waals surface area contributed by atoms with Crippen molar-refractivity contribution in [2.75, 3.05) is 26.4 Å². The average molecular weight is 395 g/mol. The fourth-order valence-electron chi connectivity index (χ4n) is 3.34. The maximum atomic E-state index is 5.81. The van der Waals surface area contributed by atoms with Crippen LogP contribution in [-0.2, 0) is 9.47 Å². The molecule has 1 rings (SSSR count). The smallest absolute Gasteiger partial charge is 0.0511 e. The Balaban J connectivity index is 2.56. The van der Waals surface area contributed by atoms with Gasteiger partial charge in [0.1, 0.15) is 0 Å². The van der Waals surface area contributed by atoms with Crippen LogP contribution in [0.2, 0.25) is 0 Å². The molecule has 0 aromatic carbocycles. The summed E-state index contributed by atoms with van der Waals surface area (Å²) in [4.78, 5) is 1.47. The third-order valence-corrected chi connectivity index (χ3v) is 6.57. The van der Waals surface area contributed by atoms with E-state index in [1.165, 1.54) is 17.7 Å². The van der Waals surface area contributed by atoms with Crippen molar-refractivity contribution in [3.8, 4) is 0 Å². The summed E-state index contributed by atoms with van der Waals surface area (Å²) in [6, 6.07) is 0. The van der Waals surface area contributed by atoms with Gasteiger partial charge in [-0.3, -0.25) is 0 Å². The number of hydrogen-bond donors (Lipinski definition) is 0. The summed E-state index contributed by atoms with van der Waals surface area (Å²) in [5.74, 6) is 0.988. The predicted octanol–water partition coefficient (Wildman–Crippen LogP) is 7.17. The highest BCUT2D eigenvalue weighted by atomic mass is 32.2. The maximum absolute atomic E-state index is 5.81. The van der Waals surface area contributed by atoms with Gasteiger partial charge >= 0.3 is 0 Å². The first-order valence-electron chi connectivity index (χ1n) is 11.0. The molecule has 0 N–H and O–H groups in total. The molecule has 0 saturated carbocycles. The van der Waals surface area contributed by atoms with Gasteiger partial charge in [-0.1, -0.05) is 64.3 Å². The summed E-state index contributed by atoms with van der Waals surface area (Å²) in [7, 11) is 0. The van der Waals surface area contributed by atoms with E-state index >= 15 is 0 Å². The number of hydrogen-bond acceptors (Lipinski definition) is 3. The fraction of sp³-hybridized carbons (Fsp3) is 0.750. The molecule has 0 aromatic rings. The molecule has 2 nitrogen and oxygen atoms in total. The average Bonchev–Trinajstić information content (AvgIpc) is 3.08. The fourth-order valence-corrected chi connectivity index (χ4v) is 4.91. The van der Waals surface area contributed by atoms with Crippen molar-refractivity contribution in [1.29, 1.82) is 0 Å². The molecule has 0 saturated heterocycles. The van der Waals surface area contributed by atoms with Gasteiger partial charge in [-0.05, 0) is 36.5 Å². The molecule has 0 aromatic heterocycles. The van der Waals surface area contributed by atoms with Gasteiger partial charge in [0.15, 0.2) is 0 Å². The number of rotatable bonds is 16. The Kier molecular flexibility index (Phi) is 14.0. The van der Waals surface area contributed by atoms with Gasteiger partial charge in [-0.2, -0.15) is 0 Å². The third kappa shape index (κ3) is 9.49. The molecule has 2 unspecified atom stereocenters. The van der Waals surface area contributed by atoms with Crippen molar-refractivity contribution < 1.29 is 9.47 Å². The Morgan fingerprint density at radius 3 is 2.37 bits per heavy atom. The van der Waals surface area contributed by atoms with Crippen molar-refractivity contribution in [2.24, 2.45) is 11.8 Å². The highest BCUT2D eigenvalue weighted by Gasteiger charge is 2.31. The van der Waals surface area contributed by atoms with E-state index in [0.29, 0.717) is 17.1 Å². The van der Waals surface area contributed by atoms with Crippen LogP contribution in [0.3, 0.4) is 0 Å². The van der Waals surface area contributed by atoms with Crippen LogP contribution >= 0.6 is 11.8 Å². The van der Waals surface area contributed by atoms with Gasteiger partial charge in [0.2, 0.25) is 0 Å². The first-order chi connectivity index (χ1) is 13.2. The minimum atomic E-state index is 0.432. The molecule has 0 aliphatic carbocycles. The summed E-state index contributed by atoms with van der Waals surface area (Å²) in [6.07, 6.45) is 14.9. The standard InChI is InChI=1S/C24H42O2S/c1-6-10-15-25-17-13-20(5)23(12-8-3)24-21(9-4)19-22(27-24)14-18-26-16-11-7-2/h9,12,19-21,24H,4,6-8,10-11,13-18H2,1-3,5H3/b23-12+/t20?,21?,24-/m0/s1. The zero-order chi connectivity index (χ0) is 19.9. The minimum absolute atomic E-state index is 0.432. The number of thioether (sulfide) groups is 1. The first kappa shape index (κ1) is 24.5. The molecule has 3 atom stereocenters. The minimum Gasteiger partial charge on any atom is -0.381 e. The zero-order valence-corrected chi connectivity index (χ0v) is 19.0. The number of allylic oxidation sites excluding steroid dienone is 3. The van der Waals surface area contributed by atoms with Crippen molar-refractivity contribution in [2.45, 2.75) is 77.9 Å². The summed E-state index contributed by atoms with van der Waals surface area (Å²) in [5, 5.41) is 0.499. The molecule has 0 amide bonds. The van der Waals surface area contributed by atoms with Gasteiger partial charge in [0.05, 0.1) is 6.61 Å². The molecule has 0 spiro atoms. The number of unbranched alkanes of at least 4 members (excludes halogenated alkanes) is 2. The van der Waals surface area contributed by atoms with Gasteiger partial charge in [-0.15, -0.1) is 18.3 Å². The Hall–Kier alpha value is -0.510. The maximum Gasteiger partial charge on any atom is 0.0511 e. The van der Waals surface area contributed by atoms with E-state index in [1.807, 2.05) is 11.8 Å². The van der Waals surface area contributed by atoms with Crippen LogP contribution in [0.1, 0.15) is 72.6 Å². The molecule has 3 heteroatoms. The predicted molar refractivity (Wildman–Crippen MR) is 121 cm³/mol. The lowest BCUT2D eigenvalue weighted by molar-refractivity contribution is 0.122. The molecular formula is C24H42O2S. The van der Waals surface area contributed by atoms with E-state index in [0.717, 1.165) is 58.5 Å². The Bertz CT molecular complexity index is 455. The van der Waals surface area contributed by atoms with Crippen molar-refractivity contribution in [1.82, 2.24) is 0 Å². The van der Waals surface area contributed by atoms with Crippen LogP contribution in [0.5, 0.6) is 0 Å². The molecule has 0 bridgehead atoms. The molecule has 1 aliphatic heterocycles. The topological polar surface area (TPSA) is 18.5 Å². The third-order valence-electron chi connectivity index (χ3n) is 5.09. The van der Waals surface area contributed by atoms with E-state index in [9.17, 15) is 0 Å². The van der Waals surface area contributed by atoms with E-state index in [-0.39, 0.29) is 0 Å². The molecule has 0 radical (unpaired) electrons. The van der Waals surface area contributed by atoms with Crippen LogP contribution < -0.4 is 0 Å². The molecule has 156 valence electrons. The van der Waals surface area contributed by atoms with Crippen LogP contribution in [0.4, 0.5) is 0 Å². The molecule has 0 fully saturated rings. The largest absolute Gasteiger partial charge is 0.381 e. The van der Waals surface area contributed by atoms with Crippen molar-refractivity contribution >= 4 is 11.8 Å². The van der Waals surface area contributed by atoms with Crippen LogP contribution in [0.25, 0.3) is 0 Å². The van der Waals surface area contributed by atoms with Crippen LogP contribution in [0, 0.1) is 11.8 Å². The summed E-state index contributed by atoms with van der Waals surface area (Å²) >= 11 is 2.03. The Labute approximate surface area is 172 Å². The lowest BCUT2D eigenvalue weighted by atomic mass is 9.88. The van der Waals surface area contributed by atoms with Gasteiger partial charge < -0.3 is 9.47 Å². The van der Waals surface area contributed by atoms with E-state index in [2.05, 4.69) is 52.5 Å². The van der Waals surface area contributed by atoms with E-state index < -0.39 is 0 Å². The lowest BCUT2D eigenvalue weighted by Crippen LogP contribution is -2.19. The second-order valence-corrected chi connectivity index (χ2v) is 8.74. The van der Waals surface area contributed by atoms with Gasteiger partial charge in [-0.25, -0.2) is 0 Å². The van der Waals surface area contributed by atoms with Gasteiger partial charge in [0, 0.05) is 37.4 Å². The first-order valence-corrected chi connectivity index (χ1v) is 11.9. The number of ether oxygens (including phenoxy) is 2. The van der Waals surface area contributed by atoms with Gasteiger partial charge in [0.25, 0.3) is 0 Å². The molecule has 1 aliphatic rings. The molecule has 1 heterocycles. The Morgan fingerprint density at radius 2 is 1.78 bits per heavy atom. The highest BCUT2D eigenvalue weighted by Crippen LogP contribution is 2.45. The second kappa shape index (κ2) is 15.4. The normalized spacial score (nSPS) is 21.3. The quantitative estimate of drug-likeness (QED) is 0.204. The summed E-state index contributed by atoms with van der Waals surface area (Å²) < 4.78 is 11.6. The van der Waals surface area contributed by atoms with Crippen molar-refractivity contribution in [3.63, 3.8) is 0 Å². The lowest BCUT2D eigenvalue weighted by Gasteiger charge is -2.25. The van der Waals surface area contributed by atoms with E-state index in [4.69, 9.17) is 9.47 Å². The highest BCUT2D eigenvalue weighted by molar-refractivity contribution is 8.04. The monoisotopic (exact) mass is 394 g/mol.